The molecule has 0 bridgehead atoms. The van der Waals surface area contributed by atoms with Gasteiger partial charge in [-0.2, -0.15) is 0 Å². The molecule has 0 spiro atoms. The summed E-state index contributed by atoms with van der Waals surface area (Å²) in [6, 6.07) is 0. The third-order valence-corrected chi connectivity index (χ3v) is 3.98. The number of rotatable bonds is 6. The molecule has 0 saturated carbocycles. The van der Waals surface area contributed by atoms with Crippen LogP contribution in [-0.4, -0.2) is 65.6 Å². The van der Waals surface area contributed by atoms with Crippen LogP contribution in [0.1, 0.15) is 19.3 Å². The van der Waals surface area contributed by atoms with Gasteiger partial charge in [-0.1, -0.05) is 0 Å². The Hall–Kier alpha value is -1.44. The minimum Gasteiger partial charge on any atom is -0.870 e. The molecule has 1 N–H and O–H groups in total. The maximum Gasteiger partial charge on any atom is 1.00 e. The zero-order valence-electron chi connectivity index (χ0n) is 13.1. The van der Waals surface area contributed by atoms with E-state index in [1.54, 1.807) is 0 Å². The Morgan fingerprint density at radius 1 is 1.24 bits per heavy atom. The van der Waals surface area contributed by atoms with Gasteiger partial charge in [0, 0.05) is 25.1 Å². The zero-order chi connectivity index (χ0) is 17.1. The third-order valence-electron chi connectivity index (χ3n) is 3.15. The number of imide groups is 2. The summed E-state index contributed by atoms with van der Waals surface area (Å²) in [5.41, 5.74) is 0. The number of hydrogen-bond donors (Lipinski definition) is 0. The molecule has 0 aliphatic carbocycles. The van der Waals surface area contributed by atoms with Crippen molar-refractivity contribution in [2.45, 2.75) is 24.5 Å². The quantitative estimate of drug-likeness (QED) is 0.247. The topological polar surface area (TPSA) is 171 Å². The third kappa shape index (κ3) is 5.52. The van der Waals surface area contributed by atoms with Crippen molar-refractivity contribution in [2.75, 3.05) is 6.54 Å². The van der Waals surface area contributed by atoms with E-state index in [1.165, 1.54) is 0 Å². The largest absolute Gasteiger partial charge is 1.00 e. The van der Waals surface area contributed by atoms with Crippen LogP contribution in [0.4, 0.5) is 0 Å². The van der Waals surface area contributed by atoms with Crippen LogP contribution in [0.25, 0.3) is 0 Å². The molecular formula is C12H12N2NaO9S-. The van der Waals surface area contributed by atoms with Crippen LogP contribution in [0.15, 0.2) is 12.2 Å². The molecule has 2 heterocycles. The van der Waals surface area contributed by atoms with Crippen molar-refractivity contribution in [3.05, 3.63) is 12.2 Å². The van der Waals surface area contributed by atoms with E-state index in [9.17, 15) is 32.7 Å². The van der Waals surface area contributed by atoms with Gasteiger partial charge in [0.2, 0.25) is 0 Å². The van der Waals surface area contributed by atoms with E-state index in [0.29, 0.717) is 0 Å². The Balaban J connectivity index is 0.00000288. The van der Waals surface area contributed by atoms with Gasteiger partial charge in [0.25, 0.3) is 23.6 Å². The molecule has 25 heavy (non-hydrogen) atoms. The summed E-state index contributed by atoms with van der Waals surface area (Å²) in [6.45, 7) is -0.0190. The standard InChI is InChI=1S/C12H12N2O8S.Na.H2O/c15-8-3-4-9(16)13(8)5-1-2-11(18)22-14-10(17)6-7(12(14)19)23(20)21;;/h3-4,7H,1-2,5-6H2,(H,20,21);;1H2/q;+1;/p-2. The Labute approximate surface area is 166 Å². The fourth-order valence-corrected chi connectivity index (χ4v) is 2.55. The Morgan fingerprint density at radius 3 is 2.28 bits per heavy atom. The summed E-state index contributed by atoms with van der Waals surface area (Å²) in [5, 5.41) is -1.42. The minimum absolute atomic E-state index is 0. The summed E-state index contributed by atoms with van der Waals surface area (Å²) in [5.74, 6) is -3.98. The monoisotopic (exact) mass is 383 g/mol. The van der Waals surface area contributed by atoms with Gasteiger partial charge >= 0.3 is 35.5 Å². The van der Waals surface area contributed by atoms with E-state index in [2.05, 4.69) is 4.84 Å². The van der Waals surface area contributed by atoms with E-state index < -0.39 is 52.3 Å². The molecule has 0 aromatic heterocycles. The maximum atomic E-state index is 11.6. The number of carbonyl (C=O) groups is 5. The van der Waals surface area contributed by atoms with Crippen LogP contribution in [0.5, 0.6) is 0 Å². The smallest absolute Gasteiger partial charge is 0.870 e. The normalized spacial score (nSPS) is 20.4. The van der Waals surface area contributed by atoms with Gasteiger partial charge < -0.3 is 14.9 Å². The van der Waals surface area contributed by atoms with E-state index in [0.717, 1.165) is 17.1 Å². The molecule has 0 aromatic carbocycles. The van der Waals surface area contributed by atoms with Gasteiger partial charge in [0.1, 0.15) is 5.25 Å². The number of amides is 4. The maximum absolute atomic E-state index is 11.6. The molecule has 2 aliphatic rings. The van der Waals surface area contributed by atoms with E-state index in [-0.39, 0.29) is 59.5 Å². The number of hydroxylamine groups is 2. The summed E-state index contributed by atoms with van der Waals surface area (Å²) < 4.78 is 21.5. The summed E-state index contributed by atoms with van der Waals surface area (Å²) in [6.07, 6.45) is 1.44. The molecule has 1 fully saturated rings. The van der Waals surface area contributed by atoms with Gasteiger partial charge in [-0.05, 0) is 17.5 Å². The molecule has 132 valence electrons. The van der Waals surface area contributed by atoms with Gasteiger partial charge in [0.05, 0.1) is 6.42 Å². The van der Waals surface area contributed by atoms with Crippen LogP contribution in [0, 0.1) is 0 Å². The van der Waals surface area contributed by atoms with Crippen LogP contribution in [0.2, 0.25) is 0 Å². The second kappa shape index (κ2) is 9.89. The van der Waals surface area contributed by atoms with Crippen molar-refractivity contribution < 1.29 is 72.6 Å². The zero-order valence-corrected chi connectivity index (χ0v) is 15.9. The minimum atomic E-state index is -2.78. The van der Waals surface area contributed by atoms with Gasteiger partial charge in [-0.3, -0.25) is 28.3 Å². The first kappa shape index (κ1) is 23.6. The molecule has 2 atom stereocenters. The van der Waals surface area contributed by atoms with Gasteiger partial charge in [-0.15, -0.1) is 5.06 Å². The van der Waals surface area contributed by atoms with E-state index >= 15 is 0 Å². The van der Waals surface area contributed by atoms with Gasteiger partial charge in [0.15, 0.2) is 0 Å². The second-order valence-corrected chi connectivity index (χ2v) is 5.80. The average Bonchev–Trinajstić information content (AvgIpc) is 2.94. The first-order chi connectivity index (χ1) is 10.8. The van der Waals surface area contributed by atoms with Crippen LogP contribution < -0.4 is 29.6 Å². The Morgan fingerprint density at radius 2 is 1.80 bits per heavy atom. The van der Waals surface area contributed by atoms with E-state index in [4.69, 9.17) is 0 Å². The van der Waals surface area contributed by atoms with Crippen LogP contribution >= 0.6 is 0 Å². The molecule has 2 rings (SSSR count). The second-order valence-electron chi connectivity index (χ2n) is 4.71. The molecule has 2 aliphatic heterocycles. The predicted octanol–water partition coefficient (Wildman–Crippen LogP) is -5.02. The molecular weight excluding hydrogens is 371 g/mol. The molecule has 2 unspecified atom stereocenters. The van der Waals surface area contributed by atoms with Crippen molar-refractivity contribution in [1.29, 1.82) is 0 Å². The Kier molecular flexibility index (Phi) is 9.32. The van der Waals surface area contributed by atoms with Crippen molar-refractivity contribution in [3.63, 3.8) is 0 Å². The molecule has 13 heteroatoms. The molecule has 11 nitrogen and oxygen atoms in total. The fourth-order valence-electron chi connectivity index (χ4n) is 2.01. The molecule has 0 radical (unpaired) electrons. The number of carbonyl (C=O) groups excluding carboxylic acids is 5. The molecule has 4 amide bonds. The van der Waals surface area contributed by atoms with Crippen molar-refractivity contribution >= 4 is 40.7 Å². The van der Waals surface area contributed by atoms with E-state index in [1.807, 2.05) is 0 Å². The summed E-state index contributed by atoms with van der Waals surface area (Å²) >= 11 is -2.78. The molecule has 0 aromatic rings. The number of hydrogen-bond acceptors (Lipinski definition) is 9. The first-order valence-electron chi connectivity index (χ1n) is 6.50. The predicted molar refractivity (Wildman–Crippen MR) is 72.3 cm³/mol. The number of nitrogens with zero attached hydrogens (tertiary/aromatic N) is 2. The summed E-state index contributed by atoms with van der Waals surface area (Å²) in [7, 11) is 0. The average molecular weight is 383 g/mol. The van der Waals surface area contributed by atoms with Crippen LogP contribution in [0.3, 0.4) is 0 Å². The van der Waals surface area contributed by atoms with Crippen molar-refractivity contribution in [2.24, 2.45) is 0 Å². The summed E-state index contributed by atoms with van der Waals surface area (Å²) in [4.78, 5) is 62.6. The van der Waals surface area contributed by atoms with Crippen molar-refractivity contribution in [3.8, 4) is 0 Å². The van der Waals surface area contributed by atoms with Crippen LogP contribution in [-0.2, 0) is 39.9 Å². The van der Waals surface area contributed by atoms with Gasteiger partial charge in [-0.25, -0.2) is 4.79 Å². The fraction of sp³-hybridized carbons (Fsp3) is 0.417. The molecule has 1 saturated heterocycles. The first-order valence-corrected chi connectivity index (χ1v) is 7.64. The SMILES string of the molecule is O=C(CCCN1C(=O)C=CC1=O)ON1C(=O)CC(S(=O)[O-])C1=O.[Na+].[OH-]. The van der Waals surface area contributed by atoms with Crippen molar-refractivity contribution in [1.82, 2.24) is 9.96 Å². The Bertz CT molecular complexity index is 632.